The summed E-state index contributed by atoms with van der Waals surface area (Å²) in [6, 6.07) is 15.3. The Morgan fingerprint density at radius 3 is 2.29 bits per heavy atom. The van der Waals surface area contributed by atoms with Gasteiger partial charge in [0.2, 0.25) is 0 Å². The number of aryl methyl sites for hydroxylation is 1. The molecule has 8 heteroatoms. The predicted octanol–water partition coefficient (Wildman–Crippen LogP) is 6.80. The van der Waals surface area contributed by atoms with Crippen molar-refractivity contribution in [3.05, 3.63) is 93.6 Å². The quantitative estimate of drug-likeness (QED) is 0.365. The summed E-state index contributed by atoms with van der Waals surface area (Å²) in [6.07, 6.45) is 0. The van der Waals surface area contributed by atoms with Crippen LogP contribution in [0.5, 0.6) is 0 Å². The van der Waals surface area contributed by atoms with Crippen molar-refractivity contribution in [3.63, 3.8) is 0 Å². The molecule has 0 bridgehead atoms. The predicted molar refractivity (Wildman–Crippen MR) is 116 cm³/mol. The van der Waals surface area contributed by atoms with Crippen LogP contribution in [0.3, 0.4) is 0 Å². The molecular formula is C23H14Cl2F2N2O2. The maximum Gasteiger partial charge on any atom is 0.356 e. The van der Waals surface area contributed by atoms with Crippen molar-refractivity contribution >= 4 is 29.2 Å². The van der Waals surface area contributed by atoms with Crippen LogP contribution in [0.15, 0.2) is 60.7 Å². The molecule has 0 unspecified atom stereocenters. The van der Waals surface area contributed by atoms with E-state index in [1.807, 2.05) is 19.1 Å². The van der Waals surface area contributed by atoms with E-state index >= 15 is 4.39 Å². The molecule has 1 aromatic heterocycles. The third kappa shape index (κ3) is 3.80. The van der Waals surface area contributed by atoms with E-state index in [1.54, 1.807) is 18.2 Å². The molecule has 4 rings (SSSR count). The van der Waals surface area contributed by atoms with Gasteiger partial charge in [-0.15, -0.1) is 0 Å². The molecule has 0 radical (unpaired) electrons. The molecule has 0 aliphatic rings. The molecule has 0 aliphatic heterocycles. The molecule has 1 N–H and O–H groups in total. The third-order valence-corrected chi connectivity index (χ3v) is 5.34. The third-order valence-electron chi connectivity index (χ3n) is 4.75. The maximum atomic E-state index is 15.1. The van der Waals surface area contributed by atoms with Gasteiger partial charge in [0.05, 0.1) is 21.4 Å². The summed E-state index contributed by atoms with van der Waals surface area (Å²) < 4.78 is 30.2. The van der Waals surface area contributed by atoms with Crippen LogP contribution < -0.4 is 0 Å². The van der Waals surface area contributed by atoms with E-state index in [0.717, 1.165) is 11.6 Å². The number of carboxylic acid groups (broad SMARTS) is 1. The smallest absolute Gasteiger partial charge is 0.356 e. The first kappa shape index (κ1) is 21.0. The molecule has 3 aromatic carbocycles. The van der Waals surface area contributed by atoms with Gasteiger partial charge >= 0.3 is 5.97 Å². The number of carboxylic acids is 1. The van der Waals surface area contributed by atoms with E-state index in [0.29, 0.717) is 5.56 Å². The van der Waals surface area contributed by atoms with Crippen LogP contribution in [0.4, 0.5) is 8.78 Å². The van der Waals surface area contributed by atoms with E-state index in [9.17, 15) is 14.3 Å². The second kappa shape index (κ2) is 8.13. The molecule has 0 aliphatic carbocycles. The number of imidazole rings is 1. The fourth-order valence-corrected chi connectivity index (χ4v) is 3.63. The van der Waals surface area contributed by atoms with E-state index in [4.69, 9.17) is 23.2 Å². The Kier molecular flexibility index (Phi) is 5.52. The minimum Gasteiger partial charge on any atom is -0.476 e. The Hall–Kier alpha value is -3.22. The summed E-state index contributed by atoms with van der Waals surface area (Å²) in [5, 5.41) is 9.51. The first-order valence-corrected chi connectivity index (χ1v) is 9.86. The van der Waals surface area contributed by atoms with Crippen LogP contribution in [-0.4, -0.2) is 20.6 Å². The van der Waals surface area contributed by atoms with Gasteiger partial charge in [0.1, 0.15) is 11.6 Å². The highest BCUT2D eigenvalue weighted by molar-refractivity contribution is 6.31. The SMILES string of the molecule is Cc1ccc(-c2nc(C(=O)O)c(-c3ccc(F)c(Cl)c3)n2-c2cccc(Cl)c2F)cc1. The topological polar surface area (TPSA) is 55.1 Å². The van der Waals surface area contributed by atoms with Gasteiger partial charge in [0.15, 0.2) is 11.5 Å². The Bertz CT molecular complexity index is 1320. The van der Waals surface area contributed by atoms with Gasteiger partial charge in [-0.25, -0.2) is 18.6 Å². The van der Waals surface area contributed by atoms with Crippen molar-refractivity contribution in [1.82, 2.24) is 9.55 Å². The second-order valence-corrected chi connectivity index (χ2v) is 7.66. The molecule has 156 valence electrons. The second-order valence-electron chi connectivity index (χ2n) is 6.84. The number of nitrogens with zero attached hydrogens (tertiary/aromatic N) is 2. The van der Waals surface area contributed by atoms with E-state index in [1.165, 1.54) is 28.8 Å². The average molecular weight is 459 g/mol. The zero-order valence-corrected chi connectivity index (χ0v) is 17.5. The van der Waals surface area contributed by atoms with Crippen LogP contribution >= 0.6 is 23.2 Å². The van der Waals surface area contributed by atoms with Crippen molar-refractivity contribution in [1.29, 1.82) is 0 Å². The van der Waals surface area contributed by atoms with Crippen molar-refractivity contribution in [3.8, 4) is 28.3 Å². The van der Waals surface area contributed by atoms with E-state index in [2.05, 4.69) is 4.98 Å². The molecule has 0 amide bonds. The van der Waals surface area contributed by atoms with Crippen LogP contribution in [0.25, 0.3) is 28.3 Å². The summed E-state index contributed by atoms with van der Waals surface area (Å²) in [5.74, 6) is -2.55. The molecule has 0 saturated carbocycles. The summed E-state index contributed by atoms with van der Waals surface area (Å²) >= 11 is 11.9. The monoisotopic (exact) mass is 458 g/mol. The molecule has 0 fully saturated rings. The number of aromatic carboxylic acids is 1. The number of carbonyl (C=O) groups is 1. The lowest BCUT2D eigenvalue weighted by atomic mass is 10.1. The van der Waals surface area contributed by atoms with Crippen molar-refractivity contribution in [2.45, 2.75) is 6.92 Å². The highest BCUT2D eigenvalue weighted by atomic mass is 35.5. The highest BCUT2D eigenvalue weighted by Gasteiger charge is 2.27. The average Bonchev–Trinajstić information content (AvgIpc) is 3.13. The van der Waals surface area contributed by atoms with Crippen LogP contribution in [0, 0.1) is 18.6 Å². The zero-order chi connectivity index (χ0) is 22.3. The number of rotatable bonds is 4. The van der Waals surface area contributed by atoms with Gasteiger partial charge < -0.3 is 5.11 Å². The Morgan fingerprint density at radius 1 is 0.968 bits per heavy atom. The lowest BCUT2D eigenvalue weighted by molar-refractivity contribution is 0.0692. The minimum absolute atomic E-state index is 0.00137. The summed E-state index contributed by atoms with van der Waals surface area (Å²) in [4.78, 5) is 16.4. The van der Waals surface area contributed by atoms with Gasteiger partial charge in [0, 0.05) is 11.1 Å². The fourth-order valence-electron chi connectivity index (χ4n) is 3.27. The standard InChI is InChI=1S/C23H14Cl2F2N2O2/c1-12-5-7-13(8-6-12)22-28-20(23(30)31)21(14-9-10-17(26)16(25)11-14)29(22)18-4-2-3-15(24)19(18)27/h2-11H,1H3,(H,30,31). The largest absolute Gasteiger partial charge is 0.476 e. The normalized spacial score (nSPS) is 11.0. The van der Waals surface area contributed by atoms with Crippen LogP contribution in [-0.2, 0) is 0 Å². The first-order chi connectivity index (χ1) is 14.8. The molecule has 0 saturated heterocycles. The van der Waals surface area contributed by atoms with Gasteiger partial charge in [-0.2, -0.15) is 0 Å². The Labute approximate surface area is 186 Å². The lowest BCUT2D eigenvalue weighted by Crippen LogP contribution is -2.05. The number of hydrogen-bond donors (Lipinski definition) is 1. The van der Waals surface area contributed by atoms with Gasteiger partial charge in [-0.1, -0.05) is 59.1 Å². The zero-order valence-electron chi connectivity index (χ0n) is 16.0. The van der Waals surface area contributed by atoms with Crippen molar-refractivity contribution < 1.29 is 18.7 Å². The Balaban J connectivity index is 2.14. The van der Waals surface area contributed by atoms with Crippen LogP contribution in [0.2, 0.25) is 10.0 Å². The van der Waals surface area contributed by atoms with E-state index < -0.39 is 17.6 Å². The highest BCUT2D eigenvalue weighted by Crippen LogP contribution is 2.37. The molecular weight excluding hydrogens is 445 g/mol. The summed E-state index contributed by atoms with van der Waals surface area (Å²) in [5.41, 5.74) is 1.52. The first-order valence-electron chi connectivity index (χ1n) is 9.11. The molecule has 0 atom stereocenters. The molecule has 31 heavy (non-hydrogen) atoms. The van der Waals surface area contributed by atoms with Crippen molar-refractivity contribution in [2.75, 3.05) is 0 Å². The van der Waals surface area contributed by atoms with Gasteiger partial charge in [-0.3, -0.25) is 4.57 Å². The molecule has 1 heterocycles. The minimum atomic E-state index is -1.33. The van der Waals surface area contributed by atoms with Crippen LogP contribution in [0.1, 0.15) is 16.1 Å². The Morgan fingerprint density at radius 2 is 1.65 bits per heavy atom. The summed E-state index contributed by atoms with van der Waals surface area (Å²) in [6.45, 7) is 1.90. The van der Waals surface area contributed by atoms with Crippen molar-refractivity contribution in [2.24, 2.45) is 0 Å². The molecule has 4 nitrogen and oxygen atoms in total. The fraction of sp³-hybridized carbons (Fsp3) is 0.0435. The summed E-state index contributed by atoms with van der Waals surface area (Å²) in [7, 11) is 0. The van der Waals surface area contributed by atoms with Gasteiger partial charge in [0.25, 0.3) is 0 Å². The molecule has 0 spiro atoms. The van der Waals surface area contributed by atoms with Gasteiger partial charge in [-0.05, 0) is 37.3 Å². The number of aromatic nitrogens is 2. The van der Waals surface area contributed by atoms with E-state index in [-0.39, 0.29) is 38.5 Å². The lowest BCUT2D eigenvalue weighted by Gasteiger charge is -2.15. The number of hydrogen-bond acceptors (Lipinski definition) is 2. The number of benzene rings is 3. The number of halogens is 4. The maximum absolute atomic E-state index is 15.1. The molecule has 4 aromatic rings.